The summed E-state index contributed by atoms with van der Waals surface area (Å²) in [6.45, 7) is 6.94. The van der Waals surface area contributed by atoms with Gasteiger partial charge in [0.25, 0.3) is 0 Å². The zero-order chi connectivity index (χ0) is 14.1. The van der Waals surface area contributed by atoms with Crippen LogP contribution in [0.2, 0.25) is 19.6 Å². The fraction of sp³-hybridized carbons (Fsp3) is 0.812. The lowest BCUT2D eigenvalue weighted by atomic mass is 9.68. The first-order valence-electron chi connectivity index (χ1n) is 7.71. The van der Waals surface area contributed by atoms with E-state index in [1.54, 1.807) is 0 Å². The molecular weight excluding hydrogens is 250 g/mol. The van der Waals surface area contributed by atoms with Crippen LogP contribution in [0, 0.1) is 22.7 Å². The minimum Gasteiger partial charge on any atom is -0.391 e. The first-order chi connectivity index (χ1) is 8.90. The molecule has 0 aromatic heterocycles. The Labute approximate surface area is 118 Å². The van der Waals surface area contributed by atoms with Gasteiger partial charge in [0.05, 0.1) is 20.2 Å². The van der Waals surface area contributed by atoms with Crippen LogP contribution in [0.15, 0.2) is 11.3 Å². The highest BCUT2D eigenvalue weighted by Gasteiger charge is 2.52. The first-order valence-corrected chi connectivity index (χ1v) is 11.3. The quantitative estimate of drug-likeness (QED) is 0.735. The topological polar surface area (TPSA) is 44.0 Å². The van der Waals surface area contributed by atoms with Crippen LogP contribution in [-0.4, -0.2) is 19.3 Å². The Balaban J connectivity index is 2.42. The fourth-order valence-corrected chi connectivity index (χ4v) is 5.40. The first kappa shape index (κ1) is 14.8. The van der Waals surface area contributed by atoms with Crippen molar-refractivity contribution in [1.29, 1.82) is 5.26 Å². The smallest absolute Gasteiger partial charge is 0.106 e. The van der Waals surface area contributed by atoms with Crippen LogP contribution in [0.5, 0.6) is 0 Å². The number of aliphatic hydroxyl groups is 1. The fourth-order valence-electron chi connectivity index (χ4n) is 3.97. The van der Waals surface area contributed by atoms with Crippen molar-refractivity contribution < 1.29 is 5.11 Å². The third-order valence-corrected chi connectivity index (χ3v) is 6.00. The van der Waals surface area contributed by atoms with Gasteiger partial charge < -0.3 is 5.11 Å². The normalized spacial score (nSPS) is 38.4. The van der Waals surface area contributed by atoms with Crippen molar-refractivity contribution in [3.05, 3.63) is 11.3 Å². The highest BCUT2D eigenvalue weighted by Crippen LogP contribution is 2.53. The number of rotatable bonds is 1. The van der Waals surface area contributed by atoms with Crippen LogP contribution in [0.1, 0.15) is 44.9 Å². The van der Waals surface area contributed by atoms with Crippen LogP contribution < -0.4 is 0 Å². The van der Waals surface area contributed by atoms with E-state index in [1.165, 1.54) is 18.4 Å². The summed E-state index contributed by atoms with van der Waals surface area (Å²) in [4.78, 5) is 0. The van der Waals surface area contributed by atoms with Crippen molar-refractivity contribution in [3.8, 4) is 6.07 Å². The second-order valence-electron chi connectivity index (χ2n) is 7.41. The van der Waals surface area contributed by atoms with Gasteiger partial charge >= 0.3 is 0 Å². The van der Waals surface area contributed by atoms with E-state index in [0.29, 0.717) is 5.92 Å². The molecular formula is C16H27NOSi. The molecule has 0 unspecified atom stereocenters. The number of nitrogens with zero attached hydrogens (tertiary/aromatic N) is 1. The Morgan fingerprint density at radius 1 is 1.21 bits per heavy atom. The van der Waals surface area contributed by atoms with Crippen LogP contribution >= 0.6 is 0 Å². The van der Waals surface area contributed by atoms with Crippen molar-refractivity contribution in [2.24, 2.45) is 11.3 Å². The van der Waals surface area contributed by atoms with Gasteiger partial charge in [0.1, 0.15) is 5.41 Å². The average molecular weight is 277 g/mol. The molecule has 0 radical (unpaired) electrons. The zero-order valence-corrected chi connectivity index (χ0v) is 13.6. The van der Waals surface area contributed by atoms with E-state index in [0.717, 1.165) is 32.1 Å². The number of fused-ring (bicyclic) bond motifs is 1. The highest BCUT2D eigenvalue weighted by atomic mass is 28.3. The summed E-state index contributed by atoms with van der Waals surface area (Å²) in [6, 6.07) is 2.57. The van der Waals surface area contributed by atoms with Gasteiger partial charge in [-0.3, -0.25) is 0 Å². The third-order valence-electron chi connectivity index (χ3n) is 4.79. The highest BCUT2D eigenvalue weighted by molar-refractivity contribution is 6.81. The standard InChI is InChI=1S/C16H27NOSi/c1-19(2,3)11-14-10-9-13-7-5-4-6-8-15(18)16(13,14)12-17/h11,13,15,18H,4-10H2,1-3H3/b14-11+/t13-,15+,16+/m0/s1. The molecule has 0 aromatic carbocycles. The van der Waals surface area contributed by atoms with Crippen molar-refractivity contribution in [2.75, 3.05) is 0 Å². The maximum Gasteiger partial charge on any atom is 0.106 e. The van der Waals surface area contributed by atoms with Gasteiger partial charge in [0.15, 0.2) is 0 Å². The molecule has 1 N–H and O–H groups in total. The van der Waals surface area contributed by atoms with Gasteiger partial charge in [0.2, 0.25) is 0 Å². The molecule has 2 aliphatic rings. The molecule has 2 nitrogen and oxygen atoms in total. The van der Waals surface area contributed by atoms with Crippen molar-refractivity contribution in [3.63, 3.8) is 0 Å². The Hall–Kier alpha value is -0.593. The Morgan fingerprint density at radius 3 is 2.53 bits per heavy atom. The maximum absolute atomic E-state index is 10.7. The van der Waals surface area contributed by atoms with Crippen molar-refractivity contribution in [2.45, 2.75) is 70.7 Å². The number of aliphatic hydroxyl groups excluding tert-OH is 1. The molecule has 2 aliphatic carbocycles. The average Bonchev–Trinajstić information content (AvgIpc) is 2.62. The summed E-state index contributed by atoms with van der Waals surface area (Å²) in [5.74, 6) is 0.385. The third kappa shape index (κ3) is 2.80. The lowest BCUT2D eigenvalue weighted by Crippen LogP contribution is -2.40. The Bertz CT molecular complexity index is 404. The Morgan fingerprint density at radius 2 is 1.89 bits per heavy atom. The minimum absolute atomic E-state index is 0.385. The van der Waals surface area contributed by atoms with Gasteiger partial charge in [-0.2, -0.15) is 5.26 Å². The van der Waals surface area contributed by atoms with Crippen LogP contribution in [0.3, 0.4) is 0 Å². The predicted octanol–water partition coefficient (Wildman–Crippen LogP) is 4.04. The molecule has 2 saturated carbocycles. The van der Waals surface area contributed by atoms with Gasteiger partial charge in [-0.1, -0.05) is 50.2 Å². The largest absolute Gasteiger partial charge is 0.391 e. The lowest BCUT2D eigenvalue weighted by Gasteiger charge is -2.37. The molecule has 0 aromatic rings. The molecule has 0 bridgehead atoms. The summed E-state index contributed by atoms with van der Waals surface area (Å²) in [5.41, 5.74) is 3.11. The summed E-state index contributed by atoms with van der Waals surface area (Å²) >= 11 is 0. The maximum atomic E-state index is 10.7. The molecule has 2 fully saturated rings. The summed E-state index contributed by atoms with van der Waals surface area (Å²) in [6.07, 6.45) is 7.09. The van der Waals surface area contributed by atoms with Crippen LogP contribution in [-0.2, 0) is 0 Å². The summed E-state index contributed by atoms with van der Waals surface area (Å²) < 4.78 is 0. The monoisotopic (exact) mass is 277 g/mol. The molecule has 3 atom stereocenters. The number of nitriles is 1. The van der Waals surface area contributed by atoms with E-state index in [2.05, 4.69) is 31.4 Å². The van der Waals surface area contributed by atoms with E-state index >= 15 is 0 Å². The van der Waals surface area contributed by atoms with E-state index in [-0.39, 0.29) is 0 Å². The summed E-state index contributed by atoms with van der Waals surface area (Å²) in [7, 11) is -1.34. The molecule has 3 heteroatoms. The second-order valence-corrected chi connectivity index (χ2v) is 12.4. The van der Waals surface area contributed by atoms with Crippen LogP contribution in [0.25, 0.3) is 0 Å². The van der Waals surface area contributed by atoms with Crippen LogP contribution in [0.4, 0.5) is 0 Å². The van der Waals surface area contributed by atoms with Gasteiger partial charge in [-0.25, -0.2) is 0 Å². The molecule has 19 heavy (non-hydrogen) atoms. The zero-order valence-electron chi connectivity index (χ0n) is 12.6. The molecule has 0 aliphatic heterocycles. The minimum atomic E-state index is -1.34. The second kappa shape index (κ2) is 5.42. The number of hydrogen-bond acceptors (Lipinski definition) is 2. The van der Waals surface area contributed by atoms with Crippen molar-refractivity contribution >= 4 is 8.07 Å². The van der Waals surface area contributed by atoms with Crippen molar-refractivity contribution in [1.82, 2.24) is 0 Å². The van der Waals surface area contributed by atoms with Gasteiger partial charge in [0, 0.05) is 0 Å². The molecule has 0 saturated heterocycles. The molecule has 106 valence electrons. The van der Waals surface area contributed by atoms with E-state index in [4.69, 9.17) is 0 Å². The predicted molar refractivity (Wildman–Crippen MR) is 81.3 cm³/mol. The Kier molecular flexibility index (Phi) is 4.22. The van der Waals surface area contributed by atoms with E-state index in [9.17, 15) is 10.4 Å². The van der Waals surface area contributed by atoms with E-state index in [1.807, 2.05) is 0 Å². The van der Waals surface area contributed by atoms with Gasteiger partial charge in [-0.05, 0) is 31.6 Å². The lowest BCUT2D eigenvalue weighted by molar-refractivity contribution is 0.0397. The van der Waals surface area contributed by atoms with E-state index < -0.39 is 19.6 Å². The van der Waals surface area contributed by atoms with Gasteiger partial charge in [-0.15, -0.1) is 0 Å². The SMILES string of the molecule is C[Si](C)(C)/C=C1\CC[C@@H]2CCCCC[C@@H](O)[C@@]12C#N. The molecule has 0 spiro atoms. The molecule has 0 heterocycles. The number of hydrogen-bond donors (Lipinski definition) is 1. The molecule has 2 rings (SSSR count). The summed E-state index contributed by atoms with van der Waals surface area (Å²) in [5, 5.41) is 20.5. The molecule has 0 amide bonds.